The summed E-state index contributed by atoms with van der Waals surface area (Å²) in [6.07, 6.45) is 2.02. The molecule has 1 N–H and O–H groups in total. The zero-order valence-electron chi connectivity index (χ0n) is 13.9. The van der Waals surface area contributed by atoms with Gasteiger partial charge in [-0.25, -0.2) is 14.8 Å². The van der Waals surface area contributed by atoms with Crippen molar-refractivity contribution in [1.82, 2.24) is 14.9 Å². The number of thiazole rings is 1. The fourth-order valence-corrected chi connectivity index (χ4v) is 3.97. The first-order valence-electron chi connectivity index (χ1n) is 7.98. The maximum Gasteiger partial charge on any atom is 0.355 e. The van der Waals surface area contributed by atoms with Crippen molar-refractivity contribution in [3.8, 4) is 5.88 Å². The number of aryl methyl sites for hydroxylation is 1. The first-order valence-corrected chi connectivity index (χ1v) is 8.86. The summed E-state index contributed by atoms with van der Waals surface area (Å²) in [5, 5.41) is 11.6. The summed E-state index contributed by atoms with van der Waals surface area (Å²) in [4.78, 5) is 22.0. The summed E-state index contributed by atoms with van der Waals surface area (Å²) in [7, 11) is 1.63. The van der Waals surface area contributed by atoms with E-state index < -0.39 is 5.97 Å². The highest BCUT2D eigenvalue weighted by Crippen LogP contribution is 2.31. The van der Waals surface area contributed by atoms with Crippen LogP contribution in [-0.2, 0) is 6.54 Å². The molecule has 7 heteroatoms. The van der Waals surface area contributed by atoms with E-state index >= 15 is 0 Å². The lowest BCUT2D eigenvalue weighted by Crippen LogP contribution is -2.32. The number of nitrogens with zero attached hydrogens (tertiary/aromatic N) is 3. The monoisotopic (exact) mass is 347 g/mol. The van der Waals surface area contributed by atoms with Gasteiger partial charge in [-0.05, 0) is 38.4 Å². The molecule has 0 aromatic carbocycles. The van der Waals surface area contributed by atoms with Gasteiger partial charge in [-0.2, -0.15) is 0 Å². The molecule has 1 aliphatic heterocycles. The maximum absolute atomic E-state index is 11.0. The second-order valence-electron chi connectivity index (χ2n) is 6.02. The molecule has 3 rings (SSSR count). The number of aromatic carboxylic acids is 1. The molecule has 6 nitrogen and oxygen atoms in total. The molecule has 0 aliphatic carbocycles. The highest BCUT2D eigenvalue weighted by atomic mass is 32.1. The Hall–Kier alpha value is -1.99. The predicted molar refractivity (Wildman–Crippen MR) is 91.9 cm³/mol. The van der Waals surface area contributed by atoms with Crippen molar-refractivity contribution < 1.29 is 14.6 Å². The molecule has 0 atom stereocenters. The second kappa shape index (κ2) is 7.27. The smallest absolute Gasteiger partial charge is 0.355 e. The van der Waals surface area contributed by atoms with Crippen LogP contribution in [-0.4, -0.2) is 46.1 Å². The van der Waals surface area contributed by atoms with Crippen LogP contribution in [0.3, 0.4) is 0 Å². The zero-order valence-corrected chi connectivity index (χ0v) is 14.7. The number of hydrogen-bond donors (Lipinski definition) is 1. The molecule has 1 fully saturated rings. The van der Waals surface area contributed by atoms with E-state index in [-0.39, 0.29) is 5.69 Å². The van der Waals surface area contributed by atoms with Crippen molar-refractivity contribution >= 4 is 17.3 Å². The van der Waals surface area contributed by atoms with Gasteiger partial charge in [0.25, 0.3) is 0 Å². The van der Waals surface area contributed by atoms with Gasteiger partial charge in [0, 0.05) is 29.6 Å². The molecule has 1 aliphatic rings. The highest BCUT2D eigenvalue weighted by Gasteiger charge is 2.24. The third-order valence-corrected chi connectivity index (χ3v) is 5.46. The Balaban J connectivity index is 1.57. The van der Waals surface area contributed by atoms with Gasteiger partial charge in [-0.15, -0.1) is 11.3 Å². The molecular formula is C17H21N3O3S. The lowest BCUT2D eigenvalue weighted by Gasteiger charge is -2.31. The Labute approximate surface area is 145 Å². The van der Waals surface area contributed by atoms with E-state index in [1.807, 2.05) is 13.0 Å². The normalized spacial score (nSPS) is 16.2. The Morgan fingerprint density at radius 2 is 2.12 bits per heavy atom. The fourth-order valence-electron chi connectivity index (χ4n) is 3.00. The van der Waals surface area contributed by atoms with E-state index in [9.17, 15) is 4.79 Å². The minimum Gasteiger partial charge on any atom is -0.481 e. The van der Waals surface area contributed by atoms with Crippen LogP contribution in [0, 0.1) is 6.92 Å². The van der Waals surface area contributed by atoms with Crippen LogP contribution in [0.25, 0.3) is 0 Å². The molecule has 128 valence electrons. The number of likely N-dealkylation sites (tertiary alicyclic amines) is 1. The quantitative estimate of drug-likeness (QED) is 0.896. The Kier molecular flexibility index (Phi) is 5.11. The topological polar surface area (TPSA) is 75.5 Å². The van der Waals surface area contributed by atoms with Crippen LogP contribution in [0.4, 0.5) is 0 Å². The molecule has 24 heavy (non-hydrogen) atoms. The molecule has 0 unspecified atom stereocenters. The van der Waals surface area contributed by atoms with E-state index in [0.717, 1.165) is 43.2 Å². The average molecular weight is 347 g/mol. The van der Waals surface area contributed by atoms with Crippen molar-refractivity contribution in [2.45, 2.75) is 32.2 Å². The molecule has 3 heterocycles. The van der Waals surface area contributed by atoms with E-state index in [0.29, 0.717) is 11.8 Å². The van der Waals surface area contributed by atoms with Gasteiger partial charge in [-0.1, -0.05) is 6.07 Å². The summed E-state index contributed by atoms with van der Waals surface area (Å²) in [6, 6.07) is 3.98. The van der Waals surface area contributed by atoms with E-state index in [4.69, 9.17) is 9.84 Å². The maximum atomic E-state index is 11.0. The molecule has 2 aromatic rings. The standard InChI is InChI=1S/C17H21N3O3S/c1-11-13(3-4-15(18-11)23-2)9-20-7-5-12(6-8-20)16-19-14(10-24-16)17(21)22/h3-4,10,12H,5-9H2,1-2H3,(H,21,22). The molecule has 0 saturated carbocycles. The van der Waals surface area contributed by atoms with E-state index in [1.165, 1.54) is 16.9 Å². The van der Waals surface area contributed by atoms with Crippen molar-refractivity contribution in [3.63, 3.8) is 0 Å². The largest absolute Gasteiger partial charge is 0.481 e. The fraction of sp³-hybridized carbons (Fsp3) is 0.471. The molecule has 2 aromatic heterocycles. The summed E-state index contributed by atoms with van der Waals surface area (Å²) < 4.78 is 5.15. The Morgan fingerprint density at radius 1 is 1.38 bits per heavy atom. The number of carbonyl (C=O) groups is 1. The molecule has 0 bridgehead atoms. The van der Waals surface area contributed by atoms with Crippen molar-refractivity contribution in [1.29, 1.82) is 0 Å². The number of carboxylic acids is 1. The third-order valence-electron chi connectivity index (χ3n) is 4.45. The molecule has 0 radical (unpaired) electrons. The number of aromatic nitrogens is 2. The number of methoxy groups -OCH3 is 1. The van der Waals surface area contributed by atoms with Gasteiger partial charge in [-0.3, -0.25) is 4.90 Å². The molecule has 1 saturated heterocycles. The predicted octanol–water partition coefficient (Wildman–Crippen LogP) is 2.93. The van der Waals surface area contributed by atoms with Gasteiger partial charge < -0.3 is 9.84 Å². The lowest BCUT2D eigenvalue weighted by atomic mass is 9.97. The number of carboxylic acid groups (broad SMARTS) is 1. The molecule has 0 amide bonds. The average Bonchev–Trinajstić information content (AvgIpc) is 3.07. The lowest BCUT2D eigenvalue weighted by molar-refractivity contribution is 0.0691. The zero-order chi connectivity index (χ0) is 17.1. The third kappa shape index (κ3) is 3.73. The van der Waals surface area contributed by atoms with Gasteiger partial charge in [0.15, 0.2) is 5.69 Å². The second-order valence-corrected chi connectivity index (χ2v) is 6.91. The molecule has 0 spiro atoms. The minimum atomic E-state index is -0.947. The molecular weight excluding hydrogens is 326 g/mol. The number of pyridine rings is 1. The van der Waals surface area contributed by atoms with Gasteiger partial charge >= 0.3 is 5.97 Å². The Morgan fingerprint density at radius 3 is 2.71 bits per heavy atom. The highest BCUT2D eigenvalue weighted by molar-refractivity contribution is 7.09. The SMILES string of the molecule is COc1ccc(CN2CCC(c3nc(C(=O)O)cs3)CC2)c(C)n1. The summed E-state index contributed by atoms with van der Waals surface area (Å²) in [5.41, 5.74) is 2.39. The van der Waals surface area contributed by atoms with Crippen LogP contribution in [0.5, 0.6) is 5.88 Å². The number of hydrogen-bond acceptors (Lipinski definition) is 6. The number of rotatable bonds is 5. The van der Waals surface area contributed by atoms with Gasteiger partial charge in [0.05, 0.1) is 12.1 Å². The van der Waals surface area contributed by atoms with E-state index in [1.54, 1.807) is 12.5 Å². The first kappa shape index (κ1) is 16.9. The minimum absolute atomic E-state index is 0.164. The van der Waals surface area contributed by atoms with Crippen molar-refractivity contribution in [2.24, 2.45) is 0 Å². The summed E-state index contributed by atoms with van der Waals surface area (Å²) in [6.45, 7) is 4.86. The van der Waals surface area contributed by atoms with Gasteiger partial charge in [0.2, 0.25) is 5.88 Å². The van der Waals surface area contributed by atoms with Crippen molar-refractivity contribution in [2.75, 3.05) is 20.2 Å². The first-order chi connectivity index (χ1) is 11.6. The number of ether oxygens (including phenoxy) is 1. The number of piperidine rings is 1. The van der Waals surface area contributed by atoms with Crippen LogP contribution >= 0.6 is 11.3 Å². The Bertz CT molecular complexity index is 724. The van der Waals surface area contributed by atoms with Crippen molar-refractivity contribution in [3.05, 3.63) is 39.5 Å². The summed E-state index contributed by atoms with van der Waals surface area (Å²) in [5.74, 6) is 0.0693. The van der Waals surface area contributed by atoms with E-state index in [2.05, 4.69) is 20.9 Å². The van der Waals surface area contributed by atoms with Gasteiger partial charge in [0.1, 0.15) is 0 Å². The van der Waals surface area contributed by atoms with Crippen LogP contribution in [0.15, 0.2) is 17.5 Å². The summed E-state index contributed by atoms with van der Waals surface area (Å²) >= 11 is 1.46. The van der Waals surface area contributed by atoms with Crippen LogP contribution < -0.4 is 4.74 Å². The van der Waals surface area contributed by atoms with Crippen LogP contribution in [0.1, 0.15) is 45.5 Å². The van der Waals surface area contributed by atoms with Crippen LogP contribution in [0.2, 0.25) is 0 Å².